The van der Waals surface area contributed by atoms with E-state index in [0.717, 1.165) is 25.7 Å². The molecule has 0 saturated heterocycles. The fourth-order valence-corrected chi connectivity index (χ4v) is 4.22. The van der Waals surface area contributed by atoms with Crippen LogP contribution >= 0.6 is 0 Å². The van der Waals surface area contributed by atoms with E-state index in [0.29, 0.717) is 52.5 Å². The highest BCUT2D eigenvalue weighted by Crippen LogP contribution is 2.44. The van der Waals surface area contributed by atoms with E-state index in [2.05, 4.69) is 13.8 Å². The van der Waals surface area contributed by atoms with E-state index in [1.807, 2.05) is 0 Å². The molecule has 3 rings (SSSR count). The number of unbranched alkanes of at least 4 members (excludes halogenated alkanes) is 2. The maximum absolute atomic E-state index is 13.7. The first-order chi connectivity index (χ1) is 18.3. The van der Waals surface area contributed by atoms with Gasteiger partial charge in [0.1, 0.15) is 11.5 Å². The number of carbonyl (C=O) groups excluding carboxylic acids is 2. The number of nitrogens with two attached hydrogens (primary N) is 4. The summed E-state index contributed by atoms with van der Waals surface area (Å²) in [5.74, 6) is -0.623. The Kier molecular flexibility index (Phi) is 10.6. The third kappa shape index (κ3) is 6.49. The van der Waals surface area contributed by atoms with Crippen molar-refractivity contribution in [2.75, 3.05) is 62.6 Å². The lowest BCUT2D eigenvalue weighted by Gasteiger charge is -2.25. The minimum atomic E-state index is -0.551. The Hall–Kier alpha value is -3.50. The molecule has 0 radical (unpaired) electrons. The van der Waals surface area contributed by atoms with Crippen LogP contribution in [0.3, 0.4) is 0 Å². The topological polar surface area (TPSA) is 175 Å². The molecule has 0 spiro atoms. The van der Waals surface area contributed by atoms with E-state index in [9.17, 15) is 9.59 Å². The molecule has 8 N–H and O–H groups in total. The fraction of sp³-hybridized carbons (Fsp3) is 0.500. The van der Waals surface area contributed by atoms with Gasteiger partial charge in [-0.1, -0.05) is 26.7 Å². The molecular formula is C28H40N4O6. The second kappa shape index (κ2) is 13.9. The molecule has 10 nitrogen and oxygen atoms in total. The standard InChI is InChI=1S/C28H40N4O6/c1-3-5-9-35-11-7-13-37-19-15-17(29)21-23(25(19)31)28(34)24-22(27(21)33)18(30)16-20(26(24)32)38-14-8-12-36-10-6-4-2/h15-16H,3-14,29-32H2,1-2H3. The van der Waals surface area contributed by atoms with E-state index >= 15 is 0 Å². The average Bonchev–Trinajstić information content (AvgIpc) is 2.89. The van der Waals surface area contributed by atoms with E-state index in [4.69, 9.17) is 41.9 Å². The largest absolute Gasteiger partial charge is 0.491 e. The summed E-state index contributed by atoms with van der Waals surface area (Å²) in [4.78, 5) is 27.1. The van der Waals surface area contributed by atoms with Crippen LogP contribution in [-0.2, 0) is 9.47 Å². The molecule has 10 heteroatoms. The van der Waals surface area contributed by atoms with Gasteiger partial charge in [-0.25, -0.2) is 0 Å². The van der Waals surface area contributed by atoms with Gasteiger partial charge < -0.3 is 41.9 Å². The summed E-state index contributed by atoms with van der Waals surface area (Å²) in [5.41, 5.74) is 25.2. The lowest BCUT2D eigenvalue weighted by atomic mass is 9.80. The van der Waals surface area contributed by atoms with Crippen LogP contribution in [0.25, 0.3) is 0 Å². The third-order valence-electron chi connectivity index (χ3n) is 6.29. The molecule has 208 valence electrons. The van der Waals surface area contributed by atoms with Gasteiger partial charge in [-0.05, 0) is 12.8 Å². The molecule has 38 heavy (non-hydrogen) atoms. The van der Waals surface area contributed by atoms with Crippen molar-refractivity contribution in [3.8, 4) is 11.5 Å². The number of nitrogen functional groups attached to an aromatic ring is 4. The lowest BCUT2D eigenvalue weighted by molar-refractivity contribution is 0.0980. The van der Waals surface area contributed by atoms with Gasteiger partial charge >= 0.3 is 0 Å². The van der Waals surface area contributed by atoms with E-state index in [1.54, 1.807) is 0 Å². The Morgan fingerprint density at radius 1 is 0.553 bits per heavy atom. The van der Waals surface area contributed by atoms with Crippen LogP contribution < -0.4 is 32.4 Å². The first kappa shape index (κ1) is 29.1. The van der Waals surface area contributed by atoms with E-state index < -0.39 is 11.6 Å². The molecule has 0 atom stereocenters. The minimum absolute atomic E-state index is 0.000699. The lowest BCUT2D eigenvalue weighted by Crippen LogP contribution is -2.27. The molecule has 0 unspecified atom stereocenters. The number of carbonyl (C=O) groups is 2. The number of ether oxygens (including phenoxy) is 4. The maximum atomic E-state index is 13.7. The third-order valence-corrected chi connectivity index (χ3v) is 6.29. The highest BCUT2D eigenvalue weighted by Gasteiger charge is 2.38. The zero-order valence-corrected chi connectivity index (χ0v) is 22.4. The van der Waals surface area contributed by atoms with E-state index in [-0.39, 0.29) is 56.5 Å². The molecule has 1 aliphatic carbocycles. The van der Waals surface area contributed by atoms with Crippen molar-refractivity contribution in [2.24, 2.45) is 0 Å². The summed E-state index contributed by atoms with van der Waals surface area (Å²) >= 11 is 0. The highest BCUT2D eigenvalue weighted by atomic mass is 16.5. The summed E-state index contributed by atoms with van der Waals surface area (Å²) in [7, 11) is 0. The highest BCUT2D eigenvalue weighted by molar-refractivity contribution is 6.35. The monoisotopic (exact) mass is 528 g/mol. The number of hydrogen-bond acceptors (Lipinski definition) is 10. The molecule has 0 bridgehead atoms. The van der Waals surface area contributed by atoms with Gasteiger partial charge in [0.2, 0.25) is 0 Å². The van der Waals surface area contributed by atoms with Crippen molar-refractivity contribution < 1.29 is 28.5 Å². The number of anilines is 4. The van der Waals surface area contributed by atoms with Crippen LogP contribution in [0.2, 0.25) is 0 Å². The number of rotatable bonds is 16. The summed E-state index contributed by atoms with van der Waals surface area (Å²) in [6.45, 7) is 7.28. The Balaban J connectivity index is 1.79. The van der Waals surface area contributed by atoms with Crippen LogP contribution in [0.1, 0.15) is 84.2 Å². The van der Waals surface area contributed by atoms with Crippen LogP contribution in [0.5, 0.6) is 11.5 Å². The van der Waals surface area contributed by atoms with Gasteiger partial charge in [0.05, 0.1) is 46.8 Å². The average molecular weight is 529 g/mol. The summed E-state index contributed by atoms with van der Waals surface area (Å²) in [6.07, 6.45) is 5.39. The number of hydrogen-bond donors (Lipinski definition) is 4. The first-order valence-electron chi connectivity index (χ1n) is 13.3. The Morgan fingerprint density at radius 2 is 0.921 bits per heavy atom. The summed E-state index contributed by atoms with van der Waals surface area (Å²) in [6, 6.07) is 2.92. The predicted molar refractivity (Wildman–Crippen MR) is 149 cm³/mol. The normalized spacial score (nSPS) is 12.4. The van der Waals surface area contributed by atoms with Crippen molar-refractivity contribution >= 4 is 34.3 Å². The first-order valence-corrected chi connectivity index (χ1v) is 13.3. The maximum Gasteiger partial charge on any atom is 0.199 e. The Morgan fingerprint density at radius 3 is 1.32 bits per heavy atom. The number of fused-ring (bicyclic) bond motifs is 2. The molecule has 0 fully saturated rings. The summed E-state index contributed by atoms with van der Waals surface area (Å²) < 4.78 is 22.7. The molecule has 0 saturated carbocycles. The quantitative estimate of drug-likeness (QED) is 0.157. The van der Waals surface area contributed by atoms with Gasteiger partial charge in [0.25, 0.3) is 0 Å². The molecule has 0 aromatic heterocycles. The van der Waals surface area contributed by atoms with Crippen molar-refractivity contribution in [3.63, 3.8) is 0 Å². The van der Waals surface area contributed by atoms with Gasteiger partial charge in [0, 0.05) is 62.8 Å². The van der Waals surface area contributed by atoms with Gasteiger partial charge in [-0.15, -0.1) is 0 Å². The predicted octanol–water partition coefficient (Wildman–Crippen LogP) is 3.96. The molecule has 2 aromatic carbocycles. The van der Waals surface area contributed by atoms with Gasteiger partial charge in [-0.3, -0.25) is 9.59 Å². The van der Waals surface area contributed by atoms with Crippen molar-refractivity contribution in [2.45, 2.75) is 52.4 Å². The van der Waals surface area contributed by atoms with Crippen LogP contribution in [0.15, 0.2) is 12.1 Å². The zero-order chi connectivity index (χ0) is 27.7. The fourth-order valence-electron chi connectivity index (χ4n) is 4.22. The van der Waals surface area contributed by atoms with Crippen molar-refractivity contribution in [1.29, 1.82) is 0 Å². The minimum Gasteiger partial charge on any atom is -0.491 e. The van der Waals surface area contributed by atoms with Gasteiger partial charge in [0.15, 0.2) is 11.6 Å². The van der Waals surface area contributed by atoms with Crippen LogP contribution in [0.4, 0.5) is 22.7 Å². The van der Waals surface area contributed by atoms with Crippen molar-refractivity contribution in [3.05, 3.63) is 34.4 Å². The Bertz CT molecular complexity index is 1070. The second-order valence-corrected chi connectivity index (χ2v) is 9.25. The van der Waals surface area contributed by atoms with E-state index in [1.165, 1.54) is 12.1 Å². The summed E-state index contributed by atoms with van der Waals surface area (Å²) in [5, 5.41) is 0. The number of benzene rings is 2. The number of ketones is 2. The molecule has 0 heterocycles. The Labute approximate surface area is 223 Å². The van der Waals surface area contributed by atoms with Crippen LogP contribution in [0, 0.1) is 0 Å². The molecular weight excluding hydrogens is 488 g/mol. The molecule has 0 aliphatic heterocycles. The molecule has 1 aliphatic rings. The molecule has 2 aromatic rings. The zero-order valence-electron chi connectivity index (χ0n) is 22.4. The van der Waals surface area contributed by atoms with Gasteiger partial charge in [-0.2, -0.15) is 0 Å². The second-order valence-electron chi connectivity index (χ2n) is 9.25. The molecule has 0 amide bonds. The van der Waals surface area contributed by atoms with Crippen molar-refractivity contribution in [1.82, 2.24) is 0 Å². The SMILES string of the molecule is CCCCOCCCOc1cc(N)c2c(c1N)C(=O)c1c(N)c(OCCCOCCCC)cc(N)c1C2=O. The van der Waals surface area contributed by atoms with Crippen LogP contribution in [-0.4, -0.2) is 51.2 Å². The smallest absolute Gasteiger partial charge is 0.199 e.